The van der Waals surface area contributed by atoms with Crippen molar-refractivity contribution in [1.82, 2.24) is 29.8 Å². The second kappa shape index (κ2) is 7.30. The molecule has 0 bridgehead atoms. The fraction of sp³-hybridized carbons (Fsp3) is 0.263. The molecule has 10 heteroatoms. The predicted molar refractivity (Wildman–Crippen MR) is 106 cm³/mol. The summed E-state index contributed by atoms with van der Waals surface area (Å²) in [6.07, 6.45) is 3.91. The van der Waals surface area contributed by atoms with Crippen LogP contribution in [-0.2, 0) is 13.0 Å². The van der Waals surface area contributed by atoms with Gasteiger partial charge in [0.25, 0.3) is 11.5 Å². The van der Waals surface area contributed by atoms with Gasteiger partial charge in [0.2, 0.25) is 0 Å². The third-order valence-electron chi connectivity index (χ3n) is 4.68. The van der Waals surface area contributed by atoms with Crippen LogP contribution in [0.4, 0.5) is 5.82 Å². The van der Waals surface area contributed by atoms with Crippen molar-refractivity contribution >= 4 is 11.7 Å². The number of anilines is 1. The molecule has 10 nitrogen and oxygen atoms in total. The molecule has 0 aromatic carbocycles. The van der Waals surface area contributed by atoms with E-state index in [9.17, 15) is 14.4 Å². The summed E-state index contributed by atoms with van der Waals surface area (Å²) in [5.41, 5.74) is 1.17. The van der Waals surface area contributed by atoms with E-state index in [0.717, 1.165) is 28.7 Å². The molecule has 4 heterocycles. The number of carbonyl (C=O) groups excluding carboxylic acids is 1. The van der Waals surface area contributed by atoms with Crippen LogP contribution >= 0.6 is 0 Å². The molecule has 0 unspecified atom stereocenters. The van der Waals surface area contributed by atoms with Crippen LogP contribution < -0.4 is 16.1 Å². The van der Waals surface area contributed by atoms with Gasteiger partial charge >= 0.3 is 5.69 Å². The molecule has 0 saturated carbocycles. The third-order valence-corrected chi connectivity index (χ3v) is 4.68. The minimum atomic E-state index is -0.713. The lowest BCUT2D eigenvalue weighted by Gasteiger charge is -2.30. The van der Waals surface area contributed by atoms with Gasteiger partial charge in [0.05, 0.1) is 12.2 Å². The topological polar surface area (TPSA) is 128 Å². The molecule has 3 aromatic rings. The number of aromatic amines is 2. The minimum Gasteiger partial charge on any atom is -0.362 e. The van der Waals surface area contributed by atoms with Gasteiger partial charge in [0.15, 0.2) is 5.82 Å². The molecule has 0 aliphatic carbocycles. The summed E-state index contributed by atoms with van der Waals surface area (Å²) < 4.78 is 0. The molecule has 1 aliphatic rings. The summed E-state index contributed by atoms with van der Waals surface area (Å²) in [4.78, 5) is 57.2. The van der Waals surface area contributed by atoms with Crippen LogP contribution in [0.25, 0.3) is 11.4 Å². The Labute approximate surface area is 165 Å². The second-order valence-electron chi connectivity index (χ2n) is 6.90. The zero-order chi connectivity index (χ0) is 20.5. The first kappa shape index (κ1) is 18.5. The quantitative estimate of drug-likeness (QED) is 0.650. The number of pyridine rings is 1. The van der Waals surface area contributed by atoms with Gasteiger partial charge < -0.3 is 14.8 Å². The average molecular weight is 393 g/mol. The molecule has 3 aromatic heterocycles. The molecule has 0 saturated heterocycles. The molecule has 0 radical (unpaired) electrons. The van der Waals surface area contributed by atoms with Crippen LogP contribution in [0.2, 0.25) is 0 Å². The van der Waals surface area contributed by atoms with E-state index in [4.69, 9.17) is 4.98 Å². The molecule has 29 heavy (non-hydrogen) atoms. The van der Waals surface area contributed by atoms with Crippen molar-refractivity contribution in [1.29, 1.82) is 0 Å². The summed E-state index contributed by atoms with van der Waals surface area (Å²) >= 11 is 0. The number of hydrogen-bond acceptors (Lipinski definition) is 7. The first-order valence-electron chi connectivity index (χ1n) is 9.03. The molecule has 2 N–H and O–H groups in total. The van der Waals surface area contributed by atoms with E-state index < -0.39 is 17.2 Å². The second-order valence-corrected chi connectivity index (χ2v) is 6.90. The van der Waals surface area contributed by atoms with Crippen LogP contribution in [-0.4, -0.2) is 56.4 Å². The Kier molecular flexibility index (Phi) is 4.67. The molecule has 0 spiro atoms. The number of fused-ring (bicyclic) bond motifs is 1. The predicted octanol–water partition coefficient (Wildman–Crippen LogP) is 0.180. The smallest absolute Gasteiger partial charge is 0.326 e. The Bertz CT molecular complexity index is 1160. The van der Waals surface area contributed by atoms with Crippen molar-refractivity contribution in [2.24, 2.45) is 0 Å². The first-order chi connectivity index (χ1) is 13.9. The van der Waals surface area contributed by atoms with Gasteiger partial charge in [-0.05, 0) is 18.6 Å². The lowest BCUT2D eigenvalue weighted by Crippen LogP contribution is -2.39. The average Bonchev–Trinajstić information content (AvgIpc) is 2.71. The molecular weight excluding hydrogens is 374 g/mol. The van der Waals surface area contributed by atoms with Gasteiger partial charge in [0.1, 0.15) is 11.5 Å². The number of nitrogens with one attached hydrogen (secondary N) is 2. The number of amides is 1. The number of nitrogens with zero attached hydrogens (tertiary/aromatic N) is 5. The standard InChI is InChI=1S/C19H19N7O3/c1-25(2)17-12-5-8-26(18(28)13-9-15(27)23-19(29)22-13)10-14(12)21-16(24-17)11-3-6-20-7-4-11/h3-4,6-7,9H,5,8,10H2,1-2H3,(H2,22,23,27,29). The zero-order valence-electron chi connectivity index (χ0n) is 16.0. The Balaban J connectivity index is 1.73. The number of H-pyrrole nitrogens is 2. The fourth-order valence-electron chi connectivity index (χ4n) is 3.34. The molecule has 1 amide bonds. The van der Waals surface area contributed by atoms with Crippen molar-refractivity contribution in [2.45, 2.75) is 13.0 Å². The minimum absolute atomic E-state index is 0.0431. The van der Waals surface area contributed by atoms with Gasteiger partial charge in [-0.2, -0.15) is 0 Å². The summed E-state index contributed by atoms with van der Waals surface area (Å²) in [5, 5.41) is 0. The van der Waals surface area contributed by atoms with Crippen molar-refractivity contribution in [3.05, 3.63) is 68.4 Å². The van der Waals surface area contributed by atoms with Crippen LogP contribution in [0.1, 0.15) is 21.7 Å². The van der Waals surface area contributed by atoms with E-state index >= 15 is 0 Å². The number of rotatable bonds is 3. The van der Waals surface area contributed by atoms with Gasteiger partial charge in [-0.3, -0.25) is 19.6 Å². The Morgan fingerprint density at radius 1 is 1.14 bits per heavy atom. The maximum Gasteiger partial charge on any atom is 0.326 e. The van der Waals surface area contributed by atoms with Crippen molar-refractivity contribution in [3.8, 4) is 11.4 Å². The summed E-state index contributed by atoms with van der Waals surface area (Å²) in [6, 6.07) is 4.74. The van der Waals surface area contributed by atoms with Gasteiger partial charge in [-0.25, -0.2) is 14.8 Å². The van der Waals surface area contributed by atoms with E-state index in [-0.39, 0.29) is 12.2 Å². The molecular formula is C19H19N7O3. The maximum absolute atomic E-state index is 12.8. The molecule has 4 rings (SSSR count). The van der Waals surface area contributed by atoms with Crippen LogP contribution in [0.3, 0.4) is 0 Å². The van der Waals surface area contributed by atoms with Crippen LogP contribution in [0, 0.1) is 0 Å². The molecule has 0 atom stereocenters. The summed E-state index contributed by atoms with van der Waals surface area (Å²) in [7, 11) is 3.83. The van der Waals surface area contributed by atoms with Gasteiger partial charge in [0, 0.05) is 50.2 Å². The fourth-order valence-corrected chi connectivity index (χ4v) is 3.34. The normalized spacial score (nSPS) is 13.1. The Hall–Kier alpha value is -3.82. The lowest BCUT2D eigenvalue weighted by molar-refractivity contribution is 0.0725. The Morgan fingerprint density at radius 3 is 2.59 bits per heavy atom. The van der Waals surface area contributed by atoms with Crippen LogP contribution in [0.15, 0.2) is 40.2 Å². The van der Waals surface area contributed by atoms with Crippen molar-refractivity contribution < 1.29 is 4.79 Å². The van der Waals surface area contributed by atoms with Gasteiger partial charge in [-0.15, -0.1) is 0 Å². The largest absolute Gasteiger partial charge is 0.362 e. The summed E-state index contributed by atoms with van der Waals surface area (Å²) in [5.74, 6) is 0.932. The highest BCUT2D eigenvalue weighted by Gasteiger charge is 2.27. The summed E-state index contributed by atoms with van der Waals surface area (Å²) in [6.45, 7) is 0.684. The third kappa shape index (κ3) is 3.64. The van der Waals surface area contributed by atoms with E-state index in [1.54, 1.807) is 17.3 Å². The lowest BCUT2D eigenvalue weighted by atomic mass is 10.0. The first-order valence-corrected chi connectivity index (χ1v) is 9.03. The zero-order valence-corrected chi connectivity index (χ0v) is 16.0. The SMILES string of the molecule is CN(C)c1nc(-c2ccncc2)nc2c1CCN(C(=O)c1cc(=O)[nH]c(=O)[nH]1)C2. The number of hydrogen-bond donors (Lipinski definition) is 2. The van der Waals surface area contributed by atoms with Crippen molar-refractivity contribution in [3.63, 3.8) is 0 Å². The van der Waals surface area contributed by atoms with Crippen LogP contribution in [0.5, 0.6) is 0 Å². The van der Waals surface area contributed by atoms with E-state index in [1.807, 2.05) is 31.1 Å². The van der Waals surface area contributed by atoms with E-state index in [2.05, 4.69) is 19.9 Å². The number of carbonyl (C=O) groups is 1. The van der Waals surface area contributed by atoms with Gasteiger partial charge in [-0.1, -0.05) is 0 Å². The highest BCUT2D eigenvalue weighted by atomic mass is 16.2. The van der Waals surface area contributed by atoms with Crippen molar-refractivity contribution in [2.75, 3.05) is 25.5 Å². The molecule has 148 valence electrons. The number of aromatic nitrogens is 5. The Morgan fingerprint density at radius 2 is 1.90 bits per heavy atom. The van der Waals surface area contributed by atoms with E-state index in [1.165, 1.54) is 0 Å². The monoisotopic (exact) mass is 393 g/mol. The molecule has 0 fully saturated rings. The van der Waals surface area contributed by atoms with E-state index in [0.29, 0.717) is 18.8 Å². The molecule has 1 aliphatic heterocycles. The maximum atomic E-state index is 12.8. The highest BCUT2D eigenvalue weighted by Crippen LogP contribution is 2.28. The highest BCUT2D eigenvalue weighted by molar-refractivity contribution is 5.92.